The van der Waals surface area contributed by atoms with Gasteiger partial charge in [-0.2, -0.15) is 0 Å². The van der Waals surface area contributed by atoms with Crippen LogP contribution in [0.25, 0.3) is 0 Å². The lowest BCUT2D eigenvalue weighted by atomic mass is 10.2. The highest BCUT2D eigenvalue weighted by Gasteiger charge is 2.09. The van der Waals surface area contributed by atoms with E-state index in [4.69, 9.17) is 17.3 Å². The maximum Gasteiger partial charge on any atom is 0.221 e. The van der Waals surface area contributed by atoms with Crippen LogP contribution in [0, 0.1) is 5.82 Å². The largest absolute Gasteiger partial charge is 0.352 e. The molecule has 0 spiro atoms. The van der Waals surface area contributed by atoms with Gasteiger partial charge in [0.2, 0.25) is 5.91 Å². The summed E-state index contributed by atoms with van der Waals surface area (Å²) >= 11 is 5.80. The lowest BCUT2D eigenvalue weighted by Gasteiger charge is -2.09. The number of halogens is 3. The van der Waals surface area contributed by atoms with Gasteiger partial charge in [-0.1, -0.05) is 17.7 Å². The van der Waals surface area contributed by atoms with Crippen LogP contribution in [0.4, 0.5) is 4.39 Å². The van der Waals surface area contributed by atoms with Crippen LogP contribution in [0.15, 0.2) is 18.2 Å². The normalized spacial score (nSPS) is 11.5. The molecule has 0 heterocycles. The zero-order valence-corrected chi connectivity index (χ0v) is 10.9. The lowest BCUT2D eigenvalue weighted by molar-refractivity contribution is -0.121. The Morgan fingerprint density at radius 2 is 2.24 bits per heavy atom. The van der Waals surface area contributed by atoms with Crippen molar-refractivity contribution in [1.29, 1.82) is 0 Å². The molecule has 3 N–H and O–H groups in total. The summed E-state index contributed by atoms with van der Waals surface area (Å²) in [5, 5.41) is 2.88. The summed E-state index contributed by atoms with van der Waals surface area (Å²) in [5.74, 6) is -0.636. The minimum atomic E-state index is -0.423. The SMILES string of the molecule is CC(N)CC(=O)NCc1c(F)cccc1Cl.Cl. The molecule has 0 saturated carbocycles. The fourth-order valence-corrected chi connectivity index (χ4v) is 1.48. The minimum Gasteiger partial charge on any atom is -0.352 e. The fraction of sp³-hybridized carbons (Fsp3) is 0.364. The van der Waals surface area contributed by atoms with Crippen molar-refractivity contribution in [2.45, 2.75) is 25.9 Å². The van der Waals surface area contributed by atoms with Crippen LogP contribution in [-0.2, 0) is 11.3 Å². The molecule has 0 saturated heterocycles. The predicted octanol–water partition coefficient (Wildman–Crippen LogP) is 2.25. The Bertz CT molecular complexity index is 365. The molecule has 6 heteroatoms. The first-order chi connectivity index (χ1) is 7.50. The molecular formula is C11H15Cl2FN2O. The van der Waals surface area contributed by atoms with Crippen LogP contribution in [0.3, 0.4) is 0 Å². The highest BCUT2D eigenvalue weighted by molar-refractivity contribution is 6.31. The molecule has 0 fully saturated rings. The topological polar surface area (TPSA) is 55.1 Å². The van der Waals surface area contributed by atoms with Crippen molar-refractivity contribution in [3.63, 3.8) is 0 Å². The Hall–Kier alpha value is -0.840. The van der Waals surface area contributed by atoms with E-state index in [0.717, 1.165) is 0 Å². The molecule has 3 nitrogen and oxygen atoms in total. The number of hydrogen-bond acceptors (Lipinski definition) is 2. The molecule has 1 rings (SSSR count). The van der Waals surface area contributed by atoms with Gasteiger partial charge in [-0.25, -0.2) is 4.39 Å². The molecule has 1 unspecified atom stereocenters. The molecule has 1 aromatic rings. The molecule has 1 amide bonds. The van der Waals surface area contributed by atoms with Crippen molar-refractivity contribution in [1.82, 2.24) is 5.32 Å². The summed E-state index contributed by atoms with van der Waals surface area (Å²) in [6, 6.07) is 4.19. The fourth-order valence-electron chi connectivity index (χ4n) is 1.25. The Morgan fingerprint density at radius 1 is 1.59 bits per heavy atom. The zero-order valence-electron chi connectivity index (χ0n) is 9.37. The van der Waals surface area contributed by atoms with Gasteiger partial charge in [-0.05, 0) is 19.1 Å². The Kier molecular flexibility index (Phi) is 7.11. The van der Waals surface area contributed by atoms with Gasteiger partial charge in [0, 0.05) is 29.6 Å². The van der Waals surface area contributed by atoms with Gasteiger partial charge < -0.3 is 11.1 Å². The molecule has 1 atom stereocenters. The summed E-state index contributed by atoms with van der Waals surface area (Å²) in [5.41, 5.74) is 5.75. The van der Waals surface area contributed by atoms with Gasteiger partial charge in [0.25, 0.3) is 0 Å². The summed E-state index contributed by atoms with van der Waals surface area (Å²) < 4.78 is 13.3. The summed E-state index contributed by atoms with van der Waals surface area (Å²) in [4.78, 5) is 11.3. The number of benzene rings is 1. The van der Waals surface area contributed by atoms with Crippen LogP contribution in [0.1, 0.15) is 18.9 Å². The number of rotatable bonds is 4. The van der Waals surface area contributed by atoms with Gasteiger partial charge in [0.05, 0.1) is 0 Å². The van der Waals surface area contributed by atoms with Crippen LogP contribution in [-0.4, -0.2) is 11.9 Å². The molecule has 0 bridgehead atoms. The number of hydrogen-bond donors (Lipinski definition) is 2. The van der Waals surface area contributed by atoms with E-state index in [1.165, 1.54) is 12.1 Å². The summed E-state index contributed by atoms with van der Waals surface area (Å²) in [7, 11) is 0. The highest BCUT2D eigenvalue weighted by atomic mass is 35.5. The molecule has 0 aromatic heterocycles. The summed E-state index contributed by atoms with van der Waals surface area (Å²) in [6.45, 7) is 1.81. The number of carbonyl (C=O) groups excluding carboxylic acids is 1. The predicted molar refractivity (Wildman–Crippen MR) is 68.8 cm³/mol. The molecule has 17 heavy (non-hydrogen) atoms. The lowest BCUT2D eigenvalue weighted by Crippen LogP contribution is -2.29. The minimum absolute atomic E-state index is 0. The van der Waals surface area contributed by atoms with Gasteiger partial charge in [0.15, 0.2) is 0 Å². The van der Waals surface area contributed by atoms with E-state index in [1.807, 2.05) is 0 Å². The maximum absolute atomic E-state index is 13.3. The third-order valence-electron chi connectivity index (χ3n) is 2.03. The van der Waals surface area contributed by atoms with E-state index in [0.29, 0.717) is 10.6 Å². The average Bonchev–Trinajstić information content (AvgIpc) is 2.15. The van der Waals surface area contributed by atoms with Gasteiger partial charge in [-0.15, -0.1) is 12.4 Å². The maximum atomic E-state index is 13.3. The molecule has 0 aliphatic rings. The first kappa shape index (κ1) is 16.2. The summed E-state index contributed by atoms with van der Waals surface area (Å²) in [6.07, 6.45) is 0.214. The molecular weight excluding hydrogens is 266 g/mol. The standard InChI is InChI=1S/C11H14ClFN2O.ClH/c1-7(14)5-11(16)15-6-8-9(12)3-2-4-10(8)13;/h2-4,7H,5-6,14H2,1H3,(H,15,16);1H. The van der Waals surface area contributed by atoms with Crippen LogP contribution in [0.5, 0.6) is 0 Å². The second kappa shape index (κ2) is 7.48. The van der Waals surface area contributed by atoms with E-state index in [2.05, 4.69) is 5.32 Å². The molecule has 1 aromatic carbocycles. The highest BCUT2D eigenvalue weighted by Crippen LogP contribution is 2.18. The van der Waals surface area contributed by atoms with Gasteiger partial charge in [-0.3, -0.25) is 4.79 Å². The number of carbonyl (C=O) groups is 1. The number of amides is 1. The smallest absolute Gasteiger partial charge is 0.221 e. The van der Waals surface area contributed by atoms with Crippen LogP contribution >= 0.6 is 24.0 Å². The van der Waals surface area contributed by atoms with Crippen molar-refractivity contribution >= 4 is 29.9 Å². The van der Waals surface area contributed by atoms with E-state index in [1.54, 1.807) is 13.0 Å². The van der Waals surface area contributed by atoms with Crippen molar-refractivity contribution in [2.24, 2.45) is 5.73 Å². The molecule has 96 valence electrons. The third-order valence-corrected chi connectivity index (χ3v) is 2.39. The van der Waals surface area contributed by atoms with E-state index in [9.17, 15) is 9.18 Å². The van der Waals surface area contributed by atoms with E-state index < -0.39 is 5.82 Å². The van der Waals surface area contributed by atoms with Crippen LogP contribution < -0.4 is 11.1 Å². The molecule has 0 radical (unpaired) electrons. The number of nitrogens with two attached hydrogens (primary N) is 1. The Morgan fingerprint density at radius 3 is 2.76 bits per heavy atom. The van der Waals surface area contributed by atoms with Crippen molar-refractivity contribution in [3.05, 3.63) is 34.6 Å². The monoisotopic (exact) mass is 280 g/mol. The molecule has 0 aliphatic carbocycles. The first-order valence-electron chi connectivity index (χ1n) is 4.96. The third kappa shape index (κ3) is 5.35. The van der Waals surface area contributed by atoms with Crippen molar-refractivity contribution < 1.29 is 9.18 Å². The van der Waals surface area contributed by atoms with Crippen LogP contribution in [0.2, 0.25) is 5.02 Å². The average molecular weight is 281 g/mol. The van der Waals surface area contributed by atoms with Crippen molar-refractivity contribution in [2.75, 3.05) is 0 Å². The second-order valence-electron chi connectivity index (χ2n) is 3.66. The molecule has 0 aliphatic heterocycles. The van der Waals surface area contributed by atoms with Gasteiger partial charge in [0.1, 0.15) is 5.82 Å². The van der Waals surface area contributed by atoms with E-state index >= 15 is 0 Å². The Balaban J connectivity index is 0.00000256. The van der Waals surface area contributed by atoms with Gasteiger partial charge >= 0.3 is 0 Å². The number of nitrogens with one attached hydrogen (secondary N) is 1. The second-order valence-corrected chi connectivity index (χ2v) is 4.07. The first-order valence-corrected chi connectivity index (χ1v) is 5.33. The quantitative estimate of drug-likeness (QED) is 0.889. The Labute approximate surface area is 111 Å². The van der Waals surface area contributed by atoms with Crippen molar-refractivity contribution in [3.8, 4) is 0 Å². The van der Waals surface area contributed by atoms with E-state index in [-0.39, 0.29) is 37.3 Å². The zero-order chi connectivity index (χ0) is 12.1.